The first-order valence-electron chi connectivity index (χ1n) is 5.09. The highest BCUT2D eigenvalue weighted by molar-refractivity contribution is 6.31. The molecule has 0 amide bonds. The highest BCUT2D eigenvalue weighted by Crippen LogP contribution is 2.21. The van der Waals surface area contributed by atoms with Gasteiger partial charge in [0.25, 0.3) is 5.91 Å². The lowest BCUT2D eigenvalue weighted by molar-refractivity contribution is 0.0947. The molecular weight excluding hydrogens is 252 g/mol. The van der Waals surface area contributed by atoms with E-state index in [1.165, 1.54) is 6.20 Å². The van der Waals surface area contributed by atoms with Crippen LogP contribution in [0.15, 0.2) is 24.4 Å². The second-order valence-electron chi connectivity index (χ2n) is 3.68. The first-order valence-corrected chi connectivity index (χ1v) is 5.47. The molecule has 0 saturated heterocycles. The largest absolute Gasteiger partial charge is 0.382 e. The summed E-state index contributed by atoms with van der Waals surface area (Å²) in [6, 6.07) is 6.87. The fraction of sp³-hybridized carbons (Fsp3) is 0.0833. The van der Waals surface area contributed by atoms with Crippen LogP contribution in [0.2, 0.25) is 5.02 Å². The Morgan fingerprint density at radius 1 is 1.56 bits per heavy atom. The summed E-state index contributed by atoms with van der Waals surface area (Å²) in [5.74, 6) is -0.379. The van der Waals surface area contributed by atoms with Gasteiger partial charge in [-0.15, -0.1) is 0 Å². The Morgan fingerprint density at radius 2 is 2.28 bits per heavy atom. The molecule has 5 nitrogen and oxygen atoms in total. The molecule has 0 atom stereocenters. The fourth-order valence-electron chi connectivity index (χ4n) is 1.56. The van der Waals surface area contributed by atoms with Gasteiger partial charge in [0.05, 0.1) is 6.20 Å². The molecule has 0 spiro atoms. The molecule has 2 N–H and O–H groups in total. The van der Waals surface area contributed by atoms with E-state index in [0.29, 0.717) is 16.1 Å². The molecule has 1 heterocycles. The molecule has 18 heavy (non-hydrogen) atoms. The van der Waals surface area contributed by atoms with Crippen molar-refractivity contribution >= 4 is 23.3 Å². The van der Waals surface area contributed by atoms with Crippen LogP contribution in [-0.4, -0.2) is 15.7 Å². The summed E-state index contributed by atoms with van der Waals surface area (Å²) >= 11 is 5.95. The lowest BCUT2D eigenvalue weighted by atomic mass is 10.1. The molecule has 0 unspecified atom stereocenters. The van der Waals surface area contributed by atoms with E-state index in [9.17, 15) is 4.79 Å². The third-order valence-corrected chi connectivity index (χ3v) is 3.03. The van der Waals surface area contributed by atoms with Crippen LogP contribution in [0.3, 0.4) is 0 Å². The first-order chi connectivity index (χ1) is 8.56. The lowest BCUT2D eigenvalue weighted by Gasteiger charge is -2.07. The molecule has 6 heteroatoms. The van der Waals surface area contributed by atoms with E-state index in [4.69, 9.17) is 22.6 Å². The van der Waals surface area contributed by atoms with Gasteiger partial charge in [0.15, 0.2) is 0 Å². The van der Waals surface area contributed by atoms with Gasteiger partial charge in [0.2, 0.25) is 0 Å². The number of benzene rings is 1. The molecule has 0 aliphatic rings. The van der Waals surface area contributed by atoms with E-state index in [0.717, 1.165) is 4.68 Å². The minimum absolute atomic E-state index is 0.0295. The van der Waals surface area contributed by atoms with Gasteiger partial charge in [-0.25, -0.2) is 0 Å². The molecule has 0 aliphatic heterocycles. The van der Waals surface area contributed by atoms with Crippen LogP contribution in [0.25, 0.3) is 0 Å². The number of halogens is 1. The zero-order valence-corrected chi connectivity index (χ0v) is 10.3. The molecule has 1 aromatic carbocycles. The number of nitrogens with two attached hydrogens (primary N) is 1. The molecule has 0 radical (unpaired) electrons. The minimum atomic E-state index is -0.408. The number of nitrogen functional groups attached to an aromatic ring is 1. The van der Waals surface area contributed by atoms with Crippen molar-refractivity contribution in [3.05, 3.63) is 46.1 Å². The van der Waals surface area contributed by atoms with Crippen LogP contribution in [-0.2, 0) is 0 Å². The van der Waals surface area contributed by atoms with Crippen LogP contribution in [0, 0.1) is 18.3 Å². The van der Waals surface area contributed by atoms with Gasteiger partial charge < -0.3 is 5.73 Å². The second kappa shape index (κ2) is 4.51. The van der Waals surface area contributed by atoms with Gasteiger partial charge in [-0.2, -0.15) is 15.0 Å². The fourth-order valence-corrected chi connectivity index (χ4v) is 1.73. The van der Waals surface area contributed by atoms with Crippen LogP contribution < -0.4 is 5.73 Å². The highest BCUT2D eigenvalue weighted by atomic mass is 35.5. The number of aromatic nitrogens is 2. The number of carbonyl (C=O) groups is 1. The standard InChI is InChI=1S/C12H9ClN4O/c1-7-9(3-2-4-10(7)13)12(18)17-11(15)8(5-14)6-16-17/h2-4,6H,15H2,1H3. The summed E-state index contributed by atoms with van der Waals surface area (Å²) in [6.45, 7) is 1.74. The molecule has 0 aliphatic carbocycles. The average molecular weight is 261 g/mol. The summed E-state index contributed by atoms with van der Waals surface area (Å²) in [5.41, 5.74) is 6.89. The van der Waals surface area contributed by atoms with Crippen molar-refractivity contribution in [3.8, 4) is 6.07 Å². The Hall–Kier alpha value is -2.32. The van der Waals surface area contributed by atoms with Gasteiger partial charge in [0, 0.05) is 10.6 Å². The van der Waals surface area contributed by atoms with Gasteiger partial charge in [-0.1, -0.05) is 17.7 Å². The summed E-state index contributed by atoms with van der Waals surface area (Å²) in [6.07, 6.45) is 1.26. The number of rotatable bonds is 1. The van der Waals surface area contributed by atoms with Gasteiger partial charge >= 0.3 is 0 Å². The normalized spacial score (nSPS) is 10.1. The van der Waals surface area contributed by atoms with Crippen LogP contribution in [0.4, 0.5) is 5.82 Å². The smallest absolute Gasteiger partial charge is 0.280 e. The topological polar surface area (TPSA) is 84.7 Å². The van der Waals surface area contributed by atoms with E-state index >= 15 is 0 Å². The Kier molecular flexibility index (Phi) is 3.04. The Morgan fingerprint density at radius 3 is 2.89 bits per heavy atom. The summed E-state index contributed by atoms with van der Waals surface area (Å²) in [7, 11) is 0. The number of carbonyl (C=O) groups excluding carboxylic acids is 1. The second-order valence-corrected chi connectivity index (χ2v) is 4.09. The highest BCUT2D eigenvalue weighted by Gasteiger charge is 2.18. The van der Waals surface area contributed by atoms with Crippen LogP contribution in [0.5, 0.6) is 0 Å². The number of hydrogen-bond acceptors (Lipinski definition) is 4. The third kappa shape index (κ3) is 1.83. The molecule has 2 rings (SSSR count). The molecule has 2 aromatic rings. The molecule has 0 saturated carbocycles. The Labute approximate surface area is 108 Å². The van der Waals surface area contributed by atoms with E-state index in [1.54, 1.807) is 25.1 Å². The maximum atomic E-state index is 12.2. The molecule has 90 valence electrons. The van der Waals surface area contributed by atoms with Crippen molar-refractivity contribution in [2.75, 3.05) is 5.73 Å². The average Bonchev–Trinajstić information content (AvgIpc) is 2.73. The predicted octanol–water partition coefficient (Wildman–Crippen LogP) is 1.99. The lowest BCUT2D eigenvalue weighted by Crippen LogP contribution is -2.17. The van der Waals surface area contributed by atoms with E-state index in [1.807, 2.05) is 6.07 Å². The molecular formula is C12H9ClN4O. The number of nitrogens with zero attached hydrogens (tertiary/aromatic N) is 3. The van der Waals surface area contributed by atoms with E-state index in [-0.39, 0.29) is 11.4 Å². The van der Waals surface area contributed by atoms with Crippen LogP contribution >= 0.6 is 11.6 Å². The minimum Gasteiger partial charge on any atom is -0.382 e. The quantitative estimate of drug-likeness (QED) is 0.850. The van der Waals surface area contributed by atoms with Gasteiger partial charge in [-0.05, 0) is 24.6 Å². The maximum Gasteiger partial charge on any atom is 0.280 e. The molecule has 1 aromatic heterocycles. The Balaban J connectivity index is 2.52. The van der Waals surface area contributed by atoms with Crippen molar-refractivity contribution in [2.45, 2.75) is 6.92 Å². The van der Waals surface area contributed by atoms with Gasteiger partial charge in [0.1, 0.15) is 17.5 Å². The van der Waals surface area contributed by atoms with Crippen molar-refractivity contribution in [1.29, 1.82) is 5.26 Å². The number of hydrogen-bond donors (Lipinski definition) is 1. The van der Waals surface area contributed by atoms with Crippen molar-refractivity contribution in [2.24, 2.45) is 0 Å². The maximum absolute atomic E-state index is 12.2. The van der Waals surface area contributed by atoms with Crippen molar-refractivity contribution < 1.29 is 4.79 Å². The van der Waals surface area contributed by atoms with Gasteiger partial charge in [-0.3, -0.25) is 4.79 Å². The number of anilines is 1. The van der Waals surface area contributed by atoms with Crippen molar-refractivity contribution in [1.82, 2.24) is 9.78 Å². The monoisotopic (exact) mass is 260 g/mol. The Bertz CT molecular complexity index is 669. The zero-order chi connectivity index (χ0) is 13.3. The summed E-state index contributed by atoms with van der Waals surface area (Å²) in [4.78, 5) is 12.2. The SMILES string of the molecule is Cc1c(Cl)cccc1C(=O)n1ncc(C#N)c1N. The van der Waals surface area contributed by atoms with Crippen molar-refractivity contribution in [3.63, 3.8) is 0 Å². The first kappa shape index (κ1) is 12.1. The summed E-state index contributed by atoms with van der Waals surface area (Å²) < 4.78 is 0.997. The zero-order valence-electron chi connectivity index (χ0n) is 9.51. The van der Waals surface area contributed by atoms with E-state index < -0.39 is 5.91 Å². The summed E-state index contributed by atoms with van der Waals surface area (Å²) in [5, 5.41) is 13.1. The molecule has 0 bridgehead atoms. The number of nitriles is 1. The third-order valence-electron chi connectivity index (χ3n) is 2.62. The predicted molar refractivity (Wildman–Crippen MR) is 67.3 cm³/mol. The van der Waals surface area contributed by atoms with E-state index in [2.05, 4.69) is 5.10 Å². The molecule has 0 fully saturated rings. The van der Waals surface area contributed by atoms with Crippen LogP contribution in [0.1, 0.15) is 21.5 Å².